The first-order chi connectivity index (χ1) is 12.9. The van der Waals surface area contributed by atoms with E-state index in [4.69, 9.17) is 0 Å². The lowest BCUT2D eigenvalue weighted by atomic mass is 9.47. The van der Waals surface area contributed by atoms with E-state index in [-0.39, 0.29) is 28.7 Å². The van der Waals surface area contributed by atoms with Gasteiger partial charge in [0.1, 0.15) is 5.78 Å². The average molecular weight is 360 g/mol. The highest BCUT2D eigenvalue weighted by Crippen LogP contribution is 2.57. The summed E-state index contributed by atoms with van der Waals surface area (Å²) in [5, 5.41) is 0. The summed E-state index contributed by atoms with van der Waals surface area (Å²) in [7, 11) is 0. The Morgan fingerprint density at radius 2 is 1.30 bits per heavy atom. The number of hydrogen-bond donors (Lipinski definition) is 0. The Hall–Kier alpha value is -2.55. The van der Waals surface area contributed by atoms with Crippen LogP contribution in [0.1, 0.15) is 47.4 Å². The van der Waals surface area contributed by atoms with Gasteiger partial charge in [-0.3, -0.25) is 14.4 Å². The summed E-state index contributed by atoms with van der Waals surface area (Å²) in [6, 6.07) is 18.3. The maximum Gasteiger partial charge on any atom is 0.167 e. The molecule has 5 rings (SSSR count). The van der Waals surface area contributed by atoms with E-state index in [0.29, 0.717) is 17.5 Å². The zero-order valence-electron chi connectivity index (χ0n) is 15.7. The molecular formula is C24H24O3. The maximum atomic E-state index is 13.5. The largest absolute Gasteiger partial charge is 0.299 e. The second-order valence-electron chi connectivity index (χ2n) is 8.61. The zero-order chi connectivity index (χ0) is 19.2. The minimum absolute atomic E-state index is 0.00267. The third-order valence-corrected chi connectivity index (χ3v) is 6.42. The summed E-state index contributed by atoms with van der Waals surface area (Å²) in [6.07, 6.45) is 1.22. The first-order valence-corrected chi connectivity index (χ1v) is 9.61. The fraction of sp³-hybridized carbons (Fsp3) is 0.375. The Labute approximate surface area is 159 Å². The van der Waals surface area contributed by atoms with Crippen LogP contribution in [-0.4, -0.2) is 17.3 Å². The fourth-order valence-electron chi connectivity index (χ4n) is 5.42. The SMILES string of the molecule is CC1(C)C[C@@H]2CC(=O)[C@H]1[C@H](C(=O)c1ccccc1)[C@H]2C(=O)c1ccccc1. The molecule has 0 unspecified atom stereocenters. The molecule has 0 heterocycles. The molecule has 2 bridgehead atoms. The molecule has 4 atom stereocenters. The fourth-order valence-corrected chi connectivity index (χ4v) is 5.42. The van der Waals surface area contributed by atoms with Gasteiger partial charge in [0.25, 0.3) is 0 Å². The van der Waals surface area contributed by atoms with Crippen LogP contribution in [0.25, 0.3) is 0 Å². The quantitative estimate of drug-likeness (QED) is 0.748. The monoisotopic (exact) mass is 360 g/mol. The first-order valence-electron chi connectivity index (χ1n) is 9.61. The molecule has 0 radical (unpaired) electrons. The number of ketones is 3. The summed E-state index contributed by atoms with van der Waals surface area (Å²) in [4.78, 5) is 39.7. The minimum Gasteiger partial charge on any atom is -0.299 e. The molecule has 3 nitrogen and oxygen atoms in total. The van der Waals surface area contributed by atoms with Crippen molar-refractivity contribution in [3.63, 3.8) is 0 Å². The van der Waals surface area contributed by atoms with Crippen LogP contribution < -0.4 is 0 Å². The van der Waals surface area contributed by atoms with Crippen molar-refractivity contribution in [3.05, 3.63) is 71.8 Å². The van der Waals surface area contributed by atoms with Gasteiger partial charge in [-0.2, -0.15) is 0 Å². The van der Waals surface area contributed by atoms with Crippen molar-refractivity contribution < 1.29 is 14.4 Å². The predicted molar refractivity (Wildman–Crippen MR) is 104 cm³/mol. The maximum absolute atomic E-state index is 13.5. The molecule has 138 valence electrons. The molecule has 0 amide bonds. The van der Waals surface area contributed by atoms with Crippen molar-refractivity contribution in [3.8, 4) is 0 Å². The van der Waals surface area contributed by atoms with Crippen molar-refractivity contribution in [2.24, 2.45) is 29.1 Å². The van der Waals surface area contributed by atoms with Crippen LogP contribution in [-0.2, 0) is 4.79 Å². The molecular weight excluding hydrogens is 336 g/mol. The molecule has 0 saturated heterocycles. The number of carbonyl (C=O) groups is 3. The molecule has 0 aromatic heterocycles. The zero-order valence-corrected chi connectivity index (χ0v) is 15.7. The Balaban J connectivity index is 1.80. The molecule has 2 aromatic rings. The van der Waals surface area contributed by atoms with E-state index < -0.39 is 17.8 Å². The van der Waals surface area contributed by atoms with Gasteiger partial charge in [-0.15, -0.1) is 0 Å². The Morgan fingerprint density at radius 1 is 0.815 bits per heavy atom. The van der Waals surface area contributed by atoms with Gasteiger partial charge in [0, 0.05) is 35.3 Å². The van der Waals surface area contributed by atoms with E-state index in [1.807, 2.05) is 48.5 Å². The Bertz CT molecular complexity index is 882. The van der Waals surface area contributed by atoms with E-state index in [9.17, 15) is 14.4 Å². The van der Waals surface area contributed by atoms with Gasteiger partial charge in [0.2, 0.25) is 0 Å². The van der Waals surface area contributed by atoms with Crippen LogP contribution >= 0.6 is 0 Å². The van der Waals surface area contributed by atoms with E-state index in [0.717, 1.165) is 6.42 Å². The Kier molecular flexibility index (Phi) is 4.33. The van der Waals surface area contributed by atoms with Gasteiger partial charge in [-0.1, -0.05) is 74.5 Å². The van der Waals surface area contributed by atoms with Crippen molar-refractivity contribution in [2.75, 3.05) is 0 Å². The van der Waals surface area contributed by atoms with Crippen LogP contribution in [0.3, 0.4) is 0 Å². The summed E-state index contributed by atoms with van der Waals surface area (Å²) >= 11 is 0. The lowest BCUT2D eigenvalue weighted by Crippen LogP contribution is -2.58. The van der Waals surface area contributed by atoms with E-state index >= 15 is 0 Å². The van der Waals surface area contributed by atoms with E-state index in [2.05, 4.69) is 13.8 Å². The number of hydrogen-bond acceptors (Lipinski definition) is 3. The number of carbonyl (C=O) groups excluding carboxylic acids is 3. The molecule has 0 N–H and O–H groups in total. The van der Waals surface area contributed by atoms with Gasteiger partial charge in [0.05, 0.1) is 0 Å². The van der Waals surface area contributed by atoms with Crippen LogP contribution in [0, 0.1) is 29.1 Å². The summed E-state index contributed by atoms with van der Waals surface area (Å²) < 4.78 is 0. The molecule has 27 heavy (non-hydrogen) atoms. The molecule has 0 aliphatic heterocycles. The smallest absolute Gasteiger partial charge is 0.167 e. The van der Waals surface area contributed by atoms with Gasteiger partial charge < -0.3 is 0 Å². The summed E-state index contributed by atoms with van der Waals surface area (Å²) in [6.45, 7) is 4.13. The second-order valence-corrected chi connectivity index (χ2v) is 8.61. The summed E-state index contributed by atoms with van der Waals surface area (Å²) in [5.41, 5.74) is 0.957. The number of fused-ring (bicyclic) bond motifs is 3. The van der Waals surface area contributed by atoms with E-state index in [1.54, 1.807) is 12.1 Å². The molecule has 0 spiro atoms. The van der Waals surface area contributed by atoms with Crippen LogP contribution in [0.5, 0.6) is 0 Å². The number of rotatable bonds is 4. The molecule has 2 aromatic carbocycles. The number of Topliss-reactive ketones (excluding diaryl/α,β-unsaturated/α-hetero) is 3. The van der Waals surface area contributed by atoms with Crippen molar-refractivity contribution in [2.45, 2.75) is 26.7 Å². The van der Waals surface area contributed by atoms with Crippen molar-refractivity contribution >= 4 is 17.3 Å². The second kappa shape index (κ2) is 6.56. The average Bonchev–Trinajstić information content (AvgIpc) is 2.66. The van der Waals surface area contributed by atoms with Crippen LogP contribution in [0.15, 0.2) is 60.7 Å². The third-order valence-electron chi connectivity index (χ3n) is 6.42. The molecule has 3 heteroatoms. The lowest BCUT2D eigenvalue weighted by molar-refractivity contribution is -0.143. The normalized spacial score (nSPS) is 28.7. The highest BCUT2D eigenvalue weighted by molar-refractivity contribution is 6.08. The van der Waals surface area contributed by atoms with Crippen molar-refractivity contribution in [1.29, 1.82) is 0 Å². The van der Waals surface area contributed by atoms with E-state index in [1.165, 1.54) is 0 Å². The highest BCUT2D eigenvalue weighted by Gasteiger charge is 2.60. The van der Waals surface area contributed by atoms with Gasteiger partial charge in [-0.05, 0) is 17.8 Å². The highest BCUT2D eigenvalue weighted by atomic mass is 16.1. The number of benzene rings is 2. The molecule has 3 aliphatic rings. The molecule has 3 aliphatic carbocycles. The lowest BCUT2D eigenvalue weighted by Gasteiger charge is -2.54. The predicted octanol–water partition coefficient (Wildman–Crippen LogP) is 4.62. The standard InChI is InChI=1S/C24H24O3/c1-24(2)14-17-13-18(25)21(24)20(23(27)16-11-7-4-8-12-16)19(17)22(26)15-9-5-3-6-10-15/h3-12,17,19-21H,13-14H2,1-2H3/t17-,19-,20+,21-/m0/s1. The van der Waals surface area contributed by atoms with Crippen LogP contribution in [0.4, 0.5) is 0 Å². The minimum atomic E-state index is -0.574. The van der Waals surface area contributed by atoms with Crippen molar-refractivity contribution in [1.82, 2.24) is 0 Å². The third kappa shape index (κ3) is 2.95. The van der Waals surface area contributed by atoms with Crippen LogP contribution in [0.2, 0.25) is 0 Å². The summed E-state index contributed by atoms with van der Waals surface area (Å²) in [5.74, 6) is -1.38. The molecule has 3 fully saturated rings. The van der Waals surface area contributed by atoms with Gasteiger partial charge in [-0.25, -0.2) is 0 Å². The molecule has 3 saturated carbocycles. The van der Waals surface area contributed by atoms with Gasteiger partial charge in [0.15, 0.2) is 11.6 Å². The van der Waals surface area contributed by atoms with Gasteiger partial charge >= 0.3 is 0 Å². The topological polar surface area (TPSA) is 51.2 Å². The Morgan fingerprint density at radius 3 is 1.78 bits per heavy atom. The first kappa shape index (κ1) is 17.8.